The molecule has 0 amide bonds. The second-order valence-electron chi connectivity index (χ2n) is 5.95. The van der Waals surface area contributed by atoms with Gasteiger partial charge in [-0.25, -0.2) is 0 Å². The van der Waals surface area contributed by atoms with Gasteiger partial charge in [-0.05, 0) is 43.7 Å². The molecule has 2 aliphatic carbocycles. The smallest absolute Gasteiger partial charge is 0.0995 e. The Kier molecular flexibility index (Phi) is 5.82. The first-order valence-electron chi connectivity index (χ1n) is 7.94. The summed E-state index contributed by atoms with van der Waals surface area (Å²) in [7, 11) is 0. The van der Waals surface area contributed by atoms with Gasteiger partial charge >= 0.3 is 0 Å². The fourth-order valence-corrected chi connectivity index (χ4v) is 3.80. The summed E-state index contributed by atoms with van der Waals surface area (Å²) in [5, 5.41) is 0. The minimum atomic E-state index is 0.213. The van der Waals surface area contributed by atoms with Gasteiger partial charge in [0.1, 0.15) is 0 Å². The van der Waals surface area contributed by atoms with Crippen LogP contribution in [0.2, 0.25) is 0 Å². The van der Waals surface area contributed by atoms with Gasteiger partial charge in [-0.3, -0.25) is 4.90 Å². The zero-order valence-electron chi connectivity index (χ0n) is 13.0. The first kappa shape index (κ1) is 15.7. The Bertz CT molecular complexity index is 327. The van der Waals surface area contributed by atoms with Crippen LogP contribution in [0.25, 0.3) is 0 Å². The highest BCUT2D eigenvalue weighted by molar-refractivity contribution is 5.07. The number of ether oxygens (including phenoxy) is 2. The van der Waals surface area contributed by atoms with E-state index in [-0.39, 0.29) is 12.2 Å². The molecule has 3 nitrogen and oxygen atoms in total. The summed E-state index contributed by atoms with van der Waals surface area (Å²) < 4.78 is 12.2. The first-order chi connectivity index (χ1) is 9.74. The van der Waals surface area contributed by atoms with Crippen LogP contribution in [-0.4, -0.2) is 43.5 Å². The van der Waals surface area contributed by atoms with Crippen molar-refractivity contribution in [2.24, 2.45) is 17.8 Å². The van der Waals surface area contributed by atoms with Gasteiger partial charge in [-0.15, -0.1) is 13.2 Å². The Morgan fingerprint density at radius 3 is 2.45 bits per heavy atom. The standard InChI is InChI=1S/C17H29NO2/c1-5-9-19-17-15-11-14(10-13(15)6-2)16(17)20-12-18(7-3)8-4/h5-6,13-17H,1-2,7-12H2,3-4H3. The lowest BCUT2D eigenvalue weighted by Crippen LogP contribution is -2.42. The van der Waals surface area contributed by atoms with Gasteiger partial charge in [0.2, 0.25) is 0 Å². The molecular weight excluding hydrogens is 250 g/mol. The Morgan fingerprint density at radius 1 is 1.10 bits per heavy atom. The molecule has 0 N–H and O–H groups in total. The Labute approximate surface area is 123 Å². The van der Waals surface area contributed by atoms with E-state index in [9.17, 15) is 0 Å². The van der Waals surface area contributed by atoms with Crippen LogP contribution in [0.1, 0.15) is 26.7 Å². The molecule has 0 aromatic heterocycles. The number of nitrogens with zero attached hydrogens (tertiary/aromatic N) is 1. The lowest BCUT2D eigenvalue weighted by atomic mass is 9.85. The molecule has 0 aromatic carbocycles. The van der Waals surface area contributed by atoms with E-state index >= 15 is 0 Å². The summed E-state index contributed by atoms with van der Waals surface area (Å²) in [4.78, 5) is 2.31. The van der Waals surface area contributed by atoms with Gasteiger partial charge in [-0.1, -0.05) is 26.0 Å². The van der Waals surface area contributed by atoms with E-state index in [1.54, 1.807) is 0 Å². The van der Waals surface area contributed by atoms with Crippen LogP contribution in [0.15, 0.2) is 25.3 Å². The van der Waals surface area contributed by atoms with E-state index in [4.69, 9.17) is 9.47 Å². The van der Waals surface area contributed by atoms with Crippen LogP contribution < -0.4 is 0 Å². The fraction of sp³-hybridized carbons (Fsp3) is 0.765. The van der Waals surface area contributed by atoms with Gasteiger partial charge in [0.15, 0.2) is 0 Å². The van der Waals surface area contributed by atoms with E-state index in [2.05, 4.69) is 38.0 Å². The molecule has 2 rings (SSSR count). The summed E-state index contributed by atoms with van der Waals surface area (Å²) in [6, 6.07) is 0. The number of hydrogen-bond donors (Lipinski definition) is 0. The minimum Gasteiger partial charge on any atom is -0.371 e. The van der Waals surface area contributed by atoms with Crippen LogP contribution in [0.3, 0.4) is 0 Å². The third-order valence-corrected chi connectivity index (χ3v) is 4.96. The average molecular weight is 279 g/mol. The maximum absolute atomic E-state index is 6.22. The van der Waals surface area contributed by atoms with Crippen molar-refractivity contribution in [3.05, 3.63) is 25.3 Å². The summed E-state index contributed by atoms with van der Waals surface area (Å²) in [6.45, 7) is 15.5. The Hall–Kier alpha value is -0.640. The molecule has 2 fully saturated rings. The van der Waals surface area contributed by atoms with Crippen molar-refractivity contribution in [3.63, 3.8) is 0 Å². The quantitative estimate of drug-likeness (QED) is 0.478. The van der Waals surface area contributed by atoms with E-state index in [0.717, 1.165) is 13.1 Å². The first-order valence-corrected chi connectivity index (χ1v) is 7.94. The minimum absolute atomic E-state index is 0.213. The summed E-state index contributed by atoms with van der Waals surface area (Å²) in [5.74, 6) is 1.82. The predicted octanol–water partition coefficient (Wildman–Crippen LogP) is 3.08. The molecule has 20 heavy (non-hydrogen) atoms. The number of rotatable bonds is 9. The Morgan fingerprint density at radius 2 is 1.85 bits per heavy atom. The highest BCUT2D eigenvalue weighted by Gasteiger charge is 2.53. The van der Waals surface area contributed by atoms with Gasteiger partial charge < -0.3 is 9.47 Å². The molecule has 0 aliphatic heterocycles. The van der Waals surface area contributed by atoms with E-state index in [1.807, 2.05) is 6.08 Å². The van der Waals surface area contributed by atoms with Crippen LogP contribution >= 0.6 is 0 Å². The van der Waals surface area contributed by atoms with Crippen LogP contribution in [0.5, 0.6) is 0 Å². The molecule has 0 radical (unpaired) electrons. The molecule has 2 bridgehead atoms. The molecule has 0 aromatic rings. The molecular formula is C17H29NO2. The number of fused-ring (bicyclic) bond motifs is 2. The number of allylic oxidation sites excluding steroid dienone is 1. The molecule has 5 atom stereocenters. The summed E-state index contributed by atoms with van der Waals surface area (Å²) in [5.41, 5.74) is 0. The third kappa shape index (κ3) is 3.16. The molecule has 5 unspecified atom stereocenters. The van der Waals surface area contributed by atoms with Gasteiger partial charge in [0.05, 0.1) is 25.5 Å². The van der Waals surface area contributed by atoms with Crippen molar-refractivity contribution in [3.8, 4) is 0 Å². The van der Waals surface area contributed by atoms with Crippen LogP contribution in [0, 0.1) is 17.8 Å². The van der Waals surface area contributed by atoms with E-state index in [0.29, 0.717) is 31.1 Å². The van der Waals surface area contributed by atoms with Crippen LogP contribution in [-0.2, 0) is 9.47 Å². The zero-order chi connectivity index (χ0) is 14.5. The zero-order valence-corrected chi connectivity index (χ0v) is 13.0. The van der Waals surface area contributed by atoms with Crippen molar-refractivity contribution in [2.45, 2.75) is 38.9 Å². The summed E-state index contributed by atoms with van der Waals surface area (Å²) >= 11 is 0. The lowest BCUT2D eigenvalue weighted by Gasteiger charge is -2.35. The van der Waals surface area contributed by atoms with Gasteiger partial charge in [0.25, 0.3) is 0 Å². The SMILES string of the molecule is C=CCOC1C2CC(CC2C=C)C1OCN(CC)CC. The van der Waals surface area contributed by atoms with Gasteiger partial charge in [-0.2, -0.15) is 0 Å². The van der Waals surface area contributed by atoms with Crippen molar-refractivity contribution >= 4 is 0 Å². The average Bonchev–Trinajstić information content (AvgIpc) is 3.04. The molecule has 3 heteroatoms. The monoisotopic (exact) mass is 279 g/mol. The van der Waals surface area contributed by atoms with Crippen molar-refractivity contribution in [1.29, 1.82) is 0 Å². The summed E-state index contributed by atoms with van der Waals surface area (Å²) in [6.07, 6.45) is 6.83. The second-order valence-corrected chi connectivity index (χ2v) is 5.95. The maximum Gasteiger partial charge on any atom is 0.0995 e. The fourth-order valence-electron chi connectivity index (χ4n) is 3.80. The van der Waals surface area contributed by atoms with Crippen molar-refractivity contribution in [2.75, 3.05) is 26.4 Å². The van der Waals surface area contributed by atoms with E-state index in [1.165, 1.54) is 12.8 Å². The van der Waals surface area contributed by atoms with Crippen molar-refractivity contribution in [1.82, 2.24) is 4.90 Å². The molecule has 2 aliphatic rings. The highest BCUT2D eigenvalue weighted by atomic mass is 16.5. The van der Waals surface area contributed by atoms with Gasteiger partial charge in [0, 0.05) is 0 Å². The molecule has 0 spiro atoms. The molecule has 114 valence electrons. The molecule has 0 heterocycles. The Balaban J connectivity index is 1.96. The molecule has 0 saturated heterocycles. The highest BCUT2D eigenvalue weighted by Crippen LogP contribution is 2.51. The van der Waals surface area contributed by atoms with E-state index < -0.39 is 0 Å². The largest absolute Gasteiger partial charge is 0.371 e. The molecule has 2 saturated carbocycles. The topological polar surface area (TPSA) is 21.7 Å². The predicted molar refractivity (Wildman–Crippen MR) is 82.5 cm³/mol. The van der Waals surface area contributed by atoms with Crippen molar-refractivity contribution < 1.29 is 9.47 Å². The normalized spacial score (nSPS) is 35.6. The lowest BCUT2D eigenvalue weighted by molar-refractivity contribution is -0.121. The van der Waals surface area contributed by atoms with Crippen LogP contribution in [0.4, 0.5) is 0 Å². The number of hydrogen-bond acceptors (Lipinski definition) is 3. The second kappa shape index (κ2) is 7.39. The third-order valence-electron chi connectivity index (χ3n) is 4.96. The maximum atomic E-state index is 6.22.